The van der Waals surface area contributed by atoms with Gasteiger partial charge in [0, 0.05) is 0 Å². The molecule has 0 radical (unpaired) electrons. The van der Waals surface area contributed by atoms with Gasteiger partial charge in [-0.05, 0) is 0 Å². The molecule has 2 aliphatic rings. The van der Waals surface area contributed by atoms with Gasteiger partial charge in [-0.2, -0.15) is 0 Å². The topological polar surface area (TPSA) is 0 Å². The van der Waals surface area contributed by atoms with Crippen molar-refractivity contribution >= 4 is 62.0 Å². The van der Waals surface area contributed by atoms with Gasteiger partial charge in [0.2, 0.25) is 0 Å². The summed E-state index contributed by atoms with van der Waals surface area (Å²) in [6.45, 7) is 18.6. The molecule has 0 heterocycles. The number of hydrogen-bond acceptors (Lipinski definition) is 0. The van der Waals surface area contributed by atoms with E-state index in [9.17, 15) is 0 Å². The Balaban J connectivity index is 0.00000240. The maximum atomic E-state index is 6.88. The fourth-order valence-corrected chi connectivity index (χ4v) is 25.8. The quantitative estimate of drug-likeness (QED) is 0.171. The molecule has 0 aromatic heterocycles. The SMILES string of the molecule is Cl.Cl.[CH2]=[Zr]([C]1=CC=CC1)([c]1cccc(Cl)c1)([c]1cccc(Cl)c1)[c]1c(C)c(C(C)(C)C)cc2c1Cc1cc(C)c(C(C)(C)C)cc1-2. The van der Waals surface area contributed by atoms with Gasteiger partial charge in [0.1, 0.15) is 0 Å². The molecule has 46 heavy (non-hydrogen) atoms. The Morgan fingerprint density at radius 2 is 1.26 bits per heavy atom. The summed E-state index contributed by atoms with van der Waals surface area (Å²) in [6, 6.07) is 24.7. The predicted molar refractivity (Wildman–Crippen MR) is 207 cm³/mol. The number of rotatable bonds is 4. The van der Waals surface area contributed by atoms with Crippen molar-refractivity contribution in [3.05, 3.63) is 132 Å². The number of halogens is 4. The van der Waals surface area contributed by atoms with Gasteiger partial charge in [-0.25, -0.2) is 0 Å². The fraction of sp³-hybridized carbons (Fsp3) is 0.293. The first-order chi connectivity index (χ1) is 20.5. The molecule has 0 fully saturated rings. The molecule has 0 bridgehead atoms. The molecule has 5 heteroatoms. The van der Waals surface area contributed by atoms with Crippen LogP contribution in [0.4, 0.5) is 0 Å². The third-order valence-electron chi connectivity index (χ3n) is 10.4. The fourth-order valence-electron chi connectivity index (χ4n) is 8.45. The van der Waals surface area contributed by atoms with Crippen LogP contribution in [0.25, 0.3) is 11.1 Å². The van der Waals surface area contributed by atoms with Gasteiger partial charge in [-0.3, -0.25) is 0 Å². The van der Waals surface area contributed by atoms with Crippen molar-refractivity contribution in [2.75, 3.05) is 0 Å². The second-order valence-electron chi connectivity index (χ2n) is 15.3. The van der Waals surface area contributed by atoms with Gasteiger partial charge in [0.05, 0.1) is 0 Å². The van der Waals surface area contributed by atoms with Crippen LogP contribution in [0.15, 0.2) is 88.2 Å². The predicted octanol–water partition coefficient (Wildman–Crippen LogP) is 10.9. The van der Waals surface area contributed by atoms with E-state index in [-0.39, 0.29) is 35.6 Å². The number of aryl methyl sites for hydroxylation is 1. The molecule has 4 aromatic rings. The summed E-state index contributed by atoms with van der Waals surface area (Å²) in [5, 5.41) is 1.49. The van der Waals surface area contributed by atoms with Gasteiger partial charge in [-0.1, -0.05) is 0 Å². The Kier molecular flexibility index (Phi) is 10.2. The van der Waals surface area contributed by atoms with Crippen LogP contribution in [-0.4, -0.2) is 4.21 Å². The molecule has 6 rings (SSSR count). The standard InChI is InChI=1S/C23H29.2C6H4Cl.C5H5.CH2.2ClH.Zr/c1-14-9-16-11-17-10-15(2)21(23(6,7)8)13-19(17)18(16)12-20(14)22(3,4)5;2*7-6-4-2-1-3-5-6;1-2-4-5-3-1;;;;/h9,12-13H,11H2,1-8H3;2*1-2,4-5H;1-3H,4H2;1H2;2*1H;. The second kappa shape index (κ2) is 12.6. The van der Waals surface area contributed by atoms with E-state index in [2.05, 4.69) is 128 Å². The van der Waals surface area contributed by atoms with Crippen molar-refractivity contribution < 1.29 is 18.3 Å². The van der Waals surface area contributed by atoms with Gasteiger partial charge >= 0.3 is 277 Å². The molecule has 0 unspecified atom stereocenters. The Hall–Kier alpha value is -1.73. The molecule has 0 amide bonds. The van der Waals surface area contributed by atoms with Gasteiger partial charge in [-0.15, -0.1) is 24.8 Å². The van der Waals surface area contributed by atoms with Gasteiger partial charge in [0.15, 0.2) is 0 Å². The third-order valence-corrected chi connectivity index (χ3v) is 27.4. The van der Waals surface area contributed by atoms with Crippen molar-refractivity contribution in [1.82, 2.24) is 0 Å². The molecule has 0 saturated heterocycles. The Morgan fingerprint density at radius 3 is 1.74 bits per heavy atom. The number of allylic oxidation sites excluding steroid dienone is 4. The zero-order valence-electron chi connectivity index (χ0n) is 28.3. The summed E-state index contributed by atoms with van der Waals surface area (Å²) in [7, 11) is 0. The molecule has 2 aliphatic carbocycles. The van der Waals surface area contributed by atoms with E-state index in [1.54, 1.807) is 0 Å². The zero-order valence-corrected chi connectivity index (χ0v) is 33.9. The maximum absolute atomic E-state index is 6.88. The van der Waals surface area contributed by atoms with Crippen LogP contribution in [0.2, 0.25) is 10.0 Å². The second-order valence-corrected chi connectivity index (χ2v) is 28.9. The third kappa shape index (κ3) is 5.61. The van der Waals surface area contributed by atoms with E-state index in [4.69, 9.17) is 27.4 Å². The Bertz CT molecular complexity index is 1930. The van der Waals surface area contributed by atoms with Crippen molar-refractivity contribution in [3.8, 4) is 11.1 Å². The summed E-state index contributed by atoms with van der Waals surface area (Å²) >= 11 is 8.76. The summed E-state index contributed by atoms with van der Waals surface area (Å²) in [6.07, 6.45) is 8.65. The average Bonchev–Trinajstić information content (AvgIpc) is 3.59. The van der Waals surface area contributed by atoms with Crippen LogP contribution >= 0.6 is 48.0 Å². The summed E-state index contributed by atoms with van der Waals surface area (Å²) in [5.41, 5.74) is 11.1. The summed E-state index contributed by atoms with van der Waals surface area (Å²) in [5.74, 6) is 0. The van der Waals surface area contributed by atoms with Crippen LogP contribution in [0.5, 0.6) is 0 Å². The molecule has 0 spiro atoms. The molecular weight excluding hydrogens is 725 g/mol. The molecule has 0 aliphatic heterocycles. The molecule has 0 saturated carbocycles. The van der Waals surface area contributed by atoms with Crippen molar-refractivity contribution in [1.29, 1.82) is 0 Å². The van der Waals surface area contributed by atoms with Gasteiger partial charge in [0.25, 0.3) is 0 Å². The van der Waals surface area contributed by atoms with Crippen LogP contribution in [0.3, 0.4) is 0 Å². The minimum absolute atomic E-state index is 0. The van der Waals surface area contributed by atoms with Crippen LogP contribution in [0.1, 0.15) is 81.3 Å². The minimum atomic E-state index is -5.00. The molecule has 242 valence electrons. The molecule has 0 nitrogen and oxygen atoms in total. The van der Waals surface area contributed by atoms with E-state index in [0.717, 1.165) is 22.9 Å². The van der Waals surface area contributed by atoms with Crippen LogP contribution in [0, 0.1) is 13.8 Å². The van der Waals surface area contributed by atoms with E-state index in [1.165, 1.54) is 57.6 Å². The average molecular weight is 772 g/mol. The molecule has 0 N–H and O–H groups in total. The normalized spacial score (nSPS) is 14.3. The van der Waals surface area contributed by atoms with Crippen LogP contribution < -0.4 is 9.81 Å². The Morgan fingerprint density at radius 1 is 0.717 bits per heavy atom. The van der Waals surface area contributed by atoms with E-state index >= 15 is 0 Å². The van der Waals surface area contributed by atoms with Gasteiger partial charge < -0.3 is 0 Å². The Labute approximate surface area is 299 Å². The van der Waals surface area contributed by atoms with E-state index in [1.807, 2.05) is 12.1 Å². The monoisotopic (exact) mass is 768 g/mol. The number of fused-ring (bicyclic) bond motifs is 3. The van der Waals surface area contributed by atoms with Crippen molar-refractivity contribution in [2.24, 2.45) is 0 Å². The number of benzene rings is 4. The molecular formula is C41H46Cl4Zr. The first-order valence-electron chi connectivity index (χ1n) is 15.8. The van der Waals surface area contributed by atoms with Crippen LogP contribution in [-0.2, 0) is 35.5 Å². The zero-order chi connectivity index (χ0) is 31.8. The first-order valence-corrected chi connectivity index (χ1v) is 23.2. The summed E-state index contributed by atoms with van der Waals surface area (Å²) < 4.78 is 11.1. The van der Waals surface area contributed by atoms with E-state index in [0.29, 0.717) is 0 Å². The van der Waals surface area contributed by atoms with E-state index < -0.39 is 18.3 Å². The van der Waals surface area contributed by atoms with Crippen molar-refractivity contribution in [3.63, 3.8) is 0 Å². The number of hydrogen-bond donors (Lipinski definition) is 0. The first kappa shape index (κ1) is 37.1. The molecule has 4 aromatic carbocycles. The summed E-state index contributed by atoms with van der Waals surface area (Å²) in [4.78, 5) is 0. The molecule has 0 atom stereocenters. The van der Waals surface area contributed by atoms with Crippen molar-refractivity contribution in [2.45, 2.75) is 79.1 Å².